The topological polar surface area (TPSA) is 32.3 Å². The minimum Gasteiger partial charge on any atom is -0.393 e. The minimum atomic E-state index is -4.47. The first-order valence-corrected chi connectivity index (χ1v) is 8.07. The van der Waals surface area contributed by atoms with Gasteiger partial charge in [-0.25, -0.2) is 0 Å². The zero-order valence-electron chi connectivity index (χ0n) is 13.6. The van der Waals surface area contributed by atoms with E-state index >= 15 is 0 Å². The molecule has 1 aromatic rings. The van der Waals surface area contributed by atoms with E-state index in [0.29, 0.717) is 18.7 Å². The van der Waals surface area contributed by atoms with Gasteiger partial charge in [0, 0.05) is 12.2 Å². The highest BCUT2D eigenvalue weighted by molar-refractivity contribution is 6.31. The summed E-state index contributed by atoms with van der Waals surface area (Å²) in [6.07, 6.45) is -2.54. The van der Waals surface area contributed by atoms with Crippen molar-refractivity contribution in [3.05, 3.63) is 28.8 Å². The summed E-state index contributed by atoms with van der Waals surface area (Å²) in [6, 6.07) is 3.84. The minimum absolute atomic E-state index is 0.0191. The van der Waals surface area contributed by atoms with E-state index in [4.69, 9.17) is 11.6 Å². The van der Waals surface area contributed by atoms with Gasteiger partial charge in [-0.2, -0.15) is 13.2 Å². The molecule has 1 fully saturated rings. The van der Waals surface area contributed by atoms with E-state index in [0.717, 1.165) is 18.9 Å². The number of aliphatic hydroxyl groups excluding tert-OH is 1. The van der Waals surface area contributed by atoms with Gasteiger partial charge in [-0.3, -0.25) is 0 Å². The molecule has 1 saturated carbocycles. The molecule has 0 bridgehead atoms. The monoisotopic (exact) mass is 349 g/mol. The Morgan fingerprint density at radius 1 is 1.26 bits per heavy atom. The Bertz CT molecular complexity index is 573. The number of hydrogen-bond acceptors (Lipinski definition) is 2. The first kappa shape index (κ1) is 18.4. The second kappa shape index (κ2) is 6.17. The fraction of sp³-hybridized carbons (Fsp3) is 0.647. The summed E-state index contributed by atoms with van der Waals surface area (Å²) in [5.41, 5.74) is -0.594. The van der Waals surface area contributed by atoms with Crippen molar-refractivity contribution < 1.29 is 18.3 Å². The molecule has 2 N–H and O–H groups in total. The second-order valence-electron chi connectivity index (χ2n) is 7.76. The maximum Gasteiger partial charge on any atom is 0.417 e. The summed E-state index contributed by atoms with van der Waals surface area (Å²) in [7, 11) is 0. The van der Waals surface area contributed by atoms with E-state index in [-0.39, 0.29) is 22.0 Å². The van der Waals surface area contributed by atoms with Crippen LogP contribution in [0, 0.1) is 10.8 Å². The Kier molecular flexibility index (Phi) is 4.94. The summed E-state index contributed by atoms with van der Waals surface area (Å²) >= 11 is 5.63. The third-order valence-electron chi connectivity index (χ3n) is 4.41. The molecule has 1 aliphatic rings. The van der Waals surface area contributed by atoms with Gasteiger partial charge in [-0.15, -0.1) is 0 Å². The molecule has 2 atom stereocenters. The highest BCUT2D eigenvalue weighted by atomic mass is 35.5. The van der Waals surface area contributed by atoms with Crippen molar-refractivity contribution in [2.45, 2.75) is 52.3 Å². The molecule has 0 spiro atoms. The maximum atomic E-state index is 12.9. The predicted molar refractivity (Wildman–Crippen MR) is 86.7 cm³/mol. The molecule has 0 radical (unpaired) electrons. The van der Waals surface area contributed by atoms with Gasteiger partial charge >= 0.3 is 6.18 Å². The molecule has 1 aliphatic carbocycles. The average Bonchev–Trinajstić information content (AvgIpc) is 2.33. The molecule has 2 nitrogen and oxygen atoms in total. The van der Waals surface area contributed by atoms with Crippen LogP contribution < -0.4 is 5.32 Å². The van der Waals surface area contributed by atoms with Gasteiger partial charge in [0.15, 0.2) is 0 Å². The van der Waals surface area contributed by atoms with Crippen molar-refractivity contribution in [3.8, 4) is 0 Å². The van der Waals surface area contributed by atoms with E-state index in [2.05, 4.69) is 26.1 Å². The first-order valence-electron chi connectivity index (χ1n) is 7.69. The number of rotatable bonds is 3. The van der Waals surface area contributed by atoms with Crippen LogP contribution in [0.2, 0.25) is 5.02 Å². The summed E-state index contributed by atoms with van der Waals surface area (Å²) in [5, 5.41) is 12.9. The molecule has 0 amide bonds. The Labute approximate surface area is 140 Å². The van der Waals surface area contributed by atoms with Crippen molar-refractivity contribution in [2.24, 2.45) is 10.8 Å². The van der Waals surface area contributed by atoms with Crippen LogP contribution in [0.1, 0.15) is 45.6 Å². The zero-order chi connectivity index (χ0) is 17.5. The molecule has 2 rings (SSSR count). The van der Waals surface area contributed by atoms with Crippen molar-refractivity contribution in [1.29, 1.82) is 0 Å². The highest BCUT2D eigenvalue weighted by Crippen LogP contribution is 2.46. The van der Waals surface area contributed by atoms with Gasteiger partial charge in [0.1, 0.15) is 0 Å². The molecule has 0 saturated heterocycles. The number of benzene rings is 1. The summed E-state index contributed by atoms with van der Waals surface area (Å²) in [4.78, 5) is 0. The van der Waals surface area contributed by atoms with Crippen LogP contribution >= 0.6 is 11.6 Å². The maximum absolute atomic E-state index is 12.9. The van der Waals surface area contributed by atoms with E-state index < -0.39 is 11.7 Å². The van der Waals surface area contributed by atoms with Crippen LogP contribution in [-0.4, -0.2) is 17.8 Å². The quantitative estimate of drug-likeness (QED) is 0.771. The van der Waals surface area contributed by atoms with Gasteiger partial charge in [-0.1, -0.05) is 32.4 Å². The Morgan fingerprint density at radius 2 is 1.91 bits per heavy atom. The number of hydrogen-bond donors (Lipinski definition) is 2. The average molecular weight is 350 g/mol. The summed E-state index contributed by atoms with van der Waals surface area (Å²) in [6.45, 7) is 6.78. The van der Waals surface area contributed by atoms with E-state index in [1.807, 2.05) is 0 Å². The SMILES string of the molecule is CC1(C)C[C@H](O)C[C@](C)(CNc2ccc(Cl)c(C(F)(F)F)c2)C1. The lowest BCUT2D eigenvalue weighted by Gasteiger charge is -2.45. The Hall–Kier alpha value is -0.940. The molecule has 6 heteroatoms. The van der Waals surface area contributed by atoms with Gasteiger partial charge in [0.05, 0.1) is 16.7 Å². The number of halogens is 4. The largest absolute Gasteiger partial charge is 0.417 e. The van der Waals surface area contributed by atoms with Crippen LogP contribution in [0.4, 0.5) is 18.9 Å². The van der Waals surface area contributed by atoms with Crippen LogP contribution in [0.3, 0.4) is 0 Å². The molecular weight excluding hydrogens is 327 g/mol. The summed E-state index contributed by atoms with van der Waals surface area (Å²) in [5.74, 6) is 0. The Balaban J connectivity index is 2.11. The van der Waals surface area contributed by atoms with Crippen LogP contribution in [0.25, 0.3) is 0 Å². The van der Waals surface area contributed by atoms with E-state index in [1.54, 1.807) is 6.07 Å². The van der Waals surface area contributed by atoms with Crippen LogP contribution in [0.15, 0.2) is 18.2 Å². The standard InChI is InChI=1S/C17H23ClF3NO/c1-15(2)7-12(23)8-16(3,9-15)10-22-11-4-5-14(18)13(6-11)17(19,20)21/h4-6,12,22-23H,7-10H2,1-3H3/t12-,16-/m0/s1. The van der Waals surface area contributed by atoms with Crippen LogP contribution in [0.5, 0.6) is 0 Å². The number of aliphatic hydroxyl groups is 1. The first-order chi connectivity index (χ1) is 10.4. The van der Waals surface area contributed by atoms with Crippen molar-refractivity contribution in [1.82, 2.24) is 0 Å². The number of anilines is 1. The molecular formula is C17H23ClF3NO. The second-order valence-corrected chi connectivity index (χ2v) is 8.17. The smallest absolute Gasteiger partial charge is 0.393 e. The summed E-state index contributed by atoms with van der Waals surface area (Å²) < 4.78 is 38.7. The highest BCUT2D eigenvalue weighted by Gasteiger charge is 2.40. The van der Waals surface area contributed by atoms with Crippen molar-refractivity contribution >= 4 is 17.3 Å². The lowest BCUT2D eigenvalue weighted by Crippen LogP contribution is -2.42. The van der Waals surface area contributed by atoms with E-state index in [1.165, 1.54) is 6.07 Å². The van der Waals surface area contributed by atoms with Crippen molar-refractivity contribution in [2.75, 3.05) is 11.9 Å². The van der Waals surface area contributed by atoms with Crippen LogP contribution in [-0.2, 0) is 6.18 Å². The van der Waals surface area contributed by atoms with Crippen molar-refractivity contribution in [3.63, 3.8) is 0 Å². The molecule has 23 heavy (non-hydrogen) atoms. The molecule has 0 aromatic heterocycles. The molecule has 1 aromatic carbocycles. The van der Waals surface area contributed by atoms with Gasteiger partial charge in [0.25, 0.3) is 0 Å². The molecule has 0 heterocycles. The molecule has 130 valence electrons. The number of alkyl halides is 3. The van der Waals surface area contributed by atoms with Gasteiger partial charge in [0.2, 0.25) is 0 Å². The third kappa shape index (κ3) is 4.77. The van der Waals surface area contributed by atoms with E-state index in [9.17, 15) is 18.3 Å². The number of nitrogens with one attached hydrogen (secondary N) is 1. The lowest BCUT2D eigenvalue weighted by molar-refractivity contribution is -0.137. The molecule has 0 aliphatic heterocycles. The van der Waals surface area contributed by atoms with Gasteiger partial charge < -0.3 is 10.4 Å². The zero-order valence-corrected chi connectivity index (χ0v) is 14.4. The van der Waals surface area contributed by atoms with Gasteiger partial charge in [-0.05, 0) is 48.3 Å². The Morgan fingerprint density at radius 3 is 2.48 bits per heavy atom. The predicted octanol–water partition coefficient (Wildman–Crippen LogP) is 5.35. The fourth-order valence-corrected chi connectivity index (χ4v) is 4.11. The molecule has 0 unspecified atom stereocenters. The third-order valence-corrected chi connectivity index (χ3v) is 4.74. The fourth-order valence-electron chi connectivity index (χ4n) is 3.88. The normalized spacial score (nSPS) is 27.7. The lowest BCUT2D eigenvalue weighted by atomic mass is 9.63.